The molecule has 3 aromatic rings. The van der Waals surface area contributed by atoms with Crippen molar-refractivity contribution in [2.45, 2.75) is 32.1 Å². The van der Waals surface area contributed by atoms with E-state index in [0.29, 0.717) is 0 Å². The van der Waals surface area contributed by atoms with E-state index >= 15 is 0 Å². The molecule has 0 atom stereocenters. The van der Waals surface area contributed by atoms with E-state index in [2.05, 4.69) is 89.1 Å². The maximum atomic E-state index is 10.6. The van der Waals surface area contributed by atoms with Crippen LogP contribution in [0.25, 0.3) is 11.1 Å². The molecule has 4 rings (SSSR count). The molecule has 0 spiro atoms. The van der Waals surface area contributed by atoms with Gasteiger partial charge in [0, 0.05) is 13.1 Å². The van der Waals surface area contributed by atoms with E-state index in [1.165, 1.54) is 48.2 Å². The molecule has 0 radical (unpaired) electrons. The Kier molecular flexibility index (Phi) is 10.5. The van der Waals surface area contributed by atoms with Gasteiger partial charge in [0.2, 0.25) is 0 Å². The number of aliphatic carboxylic acids is 1. The lowest BCUT2D eigenvalue weighted by Gasteiger charge is -2.32. The minimum Gasteiger partial charge on any atom is -0.497 e. The number of nitrogens with one attached hydrogen (secondary N) is 1. The minimum absolute atomic E-state index is 0.773. The van der Waals surface area contributed by atoms with Gasteiger partial charge in [-0.05, 0) is 78.8 Å². The lowest BCUT2D eigenvalue weighted by atomic mass is 9.96. The van der Waals surface area contributed by atoms with Gasteiger partial charge in [-0.15, -0.1) is 0 Å². The summed E-state index contributed by atoms with van der Waals surface area (Å²) in [6.45, 7) is 5.44. The number of alkyl halides is 3. The van der Waals surface area contributed by atoms with Crippen LogP contribution in [0.1, 0.15) is 24.0 Å². The predicted octanol–water partition coefficient (Wildman–Crippen LogP) is 6.00. The molecule has 0 aliphatic carbocycles. The van der Waals surface area contributed by atoms with Gasteiger partial charge < -0.3 is 15.2 Å². The van der Waals surface area contributed by atoms with Crippen molar-refractivity contribution in [1.29, 1.82) is 0 Å². The fourth-order valence-electron chi connectivity index (χ4n) is 4.25. The van der Waals surface area contributed by atoms with Crippen molar-refractivity contribution in [3.63, 3.8) is 0 Å². The number of halogens is 3. The number of hydrogen-bond donors (Lipinski definition) is 2. The summed E-state index contributed by atoms with van der Waals surface area (Å²) in [6.07, 6.45) is -2.54. The van der Waals surface area contributed by atoms with E-state index in [4.69, 9.17) is 14.6 Å². The van der Waals surface area contributed by atoms with Crippen molar-refractivity contribution >= 4 is 5.97 Å². The first-order valence-corrected chi connectivity index (χ1v) is 12.2. The average Bonchev–Trinajstić information content (AvgIpc) is 2.91. The maximum absolute atomic E-state index is 10.6. The van der Waals surface area contributed by atoms with Crippen molar-refractivity contribution < 1.29 is 27.8 Å². The summed E-state index contributed by atoms with van der Waals surface area (Å²) < 4.78 is 37.0. The van der Waals surface area contributed by atoms with E-state index in [9.17, 15) is 13.2 Å². The highest BCUT2D eigenvalue weighted by molar-refractivity contribution is 5.73. The van der Waals surface area contributed by atoms with Crippen LogP contribution < -0.4 is 10.1 Å². The summed E-state index contributed by atoms with van der Waals surface area (Å²) >= 11 is 0. The number of hydrogen-bond acceptors (Lipinski definition) is 4. The van der Waals surface area contributed by atoms with Crippen molar-refractivity contribution in [2.24, 2.45) is 5.92 Å². The fourth-order valence-corrected chi connectivity index (χ4v) is 4.25. The number of rotatable bonds is 8. The Balaban J connectivity index is 0.000000479. The number of ether oxygens (including phenoxy) is 1. The Morgan fingerprint density at radius 3 is 2.16 bits per heavy atom. The molecule has 3 aromatic carbocycles. The molecule has 0 aromatic heterocycles. The zero-order valence-corrected chi connectivity index (χ0v) is 20.9. The summed E-state index contributed by atoms with van der Waals surface area (Å²) in [5.74, 6) is -1.06. The molecule has 198 valence electrons. The second-order valence-electron chi connectivity index (χ2n) is 9.07. The zero-order valence-electron chi connectivity index (χ0n) is 20.9. The van der Waals surface area contributed by atoms with Crippen LogP contribution in [0.5, 0.6) is 5.75 Å². The summed E-state index contributed by atoms with van der Waals surface area (Å²) in [6, 6.07) is 28.0. The third-order valence-corrected chi connectivity index (χ3v) is 6.31. The molecular formula is C29H33F3N2O3. The second kappa shape index (κ2) is 13.8. The molecule has 2 N–H and O–H groups in total. The van der Waals surface area contributed by atoms with Crippen molar-refractivity contribution in [3.8, 4) is 16.9 Å². The standard InChI is InChI=1S/C27H32N2O.C2HF3O2/c1-30-27-12-10-23(11-13-27)21-29-16-14-22(15-17-29)19-28-20-24-6-5-9-26(18-24)25-7-3-2-4-8-25;3-2(4,5)1(6)7/h2-13,18,22,28H,14-17,19-21H2,1H3;(H,6,7). The molecule has 1 heterocycles. The van der Waals surface area contributed by atoms with Crippen molar-refractivity contribution in [3.05, 3.63) is 90.0 Å². The Bertz CT molecular complexity index is 1100. The van der Waals surface area contributed by atoms with Gasteiger partial charge in [-0.25, -0.2) is 4.79 Å². The number of likely N-dealkylation sites (tertiary alicyclic amines) is 1. The summed E-state index contributed by atoms with van der Waals surface area (Å²) in [7, 11) is 1.72. The summed E-state index contributed by atoms with van der Waals surface area (Å²) in [5, 5.41) is 10.8. The maximum Gasteiger partial charge on any atom is 0.490 e. The molecule has 37 heavy (non-hydrogen) atoms. The number of benzene rings is 3. The Morgan fingerprint density at radius 2 is 1.57 bits per heavy atom. The van der Waals surface area contributed by atoms with E-state index in [1.807, 2.05) is 0 Å². The lowest BCUT2D eigenvalue weighted by molar-refractivity contribution is -0.192. The normalized spacial score (nSPS) is 14.5. The lowest BCUT2D eigenvalue weighted by Crippen LogP contribution is -2.36. The number of carboxylic acids is 1. The van der Waals surface area contributed by atoms with Gasteiger partial charge in [-0.2, -0.15) is 13.2 Å². The zero-order chi connectivity index (χ0) is 26.7. The molecule has 1 aliphatic heterocycles. The van der Waals surface area contributed by atoms with Crippen LogP contribution in [-0.4, -0.2) is 48.9 Å². The monoisotopic (exact) mass is 514 g/mol. The van der Waals surface area contributed by atoms with E-state index in [0.717, 1.165) is 31.3 Å². The topological polar surface area (TPSA) is 61.8 Å². The van der Waals surface area contributed by atoms with Crippen molar-refractivity contribution in [2.75, 3.05) is 26.7 Å². The molecule has 0 unspecified atom stereocenters. The van der Waals surface area contributed by atoms with Gasteiger partial charge >= 0.3 is 12.1 Å². The molecule has 0 amide bonds. The summed E-state index contributed by atoms with van der Waals surface area (Å²) in [5.41, 5.74) is 5.30. The van der Waals surface area contributed by atoms with Gasteiger partial charge in [0.05, 0.1) is 7.11 Å². The van der Waals surface area contributed by atoms with Gasteiger partial charge in [-0.1, -0.05) is 60.7 Å². The number of piperidine rings is 1. The predicted molar refractivity (Wildman–Crippen MR) is 138 cm³/mol. The highest BCUT2D eigenvalue weighted by Gasteiger charge is 2.38. The van der Waals surface area contributed by atoms with Crippen LogP contribution in [0.4, 0.5) is 13.2 Å². The fraction of sp³-hybridized carbons (Fsp3) is 0.345. The first-order chi connectivity index (χ1) is 17.7. The van der Waals surface area contributed by atoms with Gasteiger partial charge in [-0.3, -0.25) is 4.90 Å². The second-order valence-corrected chi connectivity index (χ2v) is 9.07. The molecule has 5 nitrogen and oxygen atoms in total. The molecule has 0 saturated carbocycles. The van der Waals surface area contributed by atoms with Crippen LogP contribution in [-0.2, 0) is 17.9 Å². The van der Waals surface area contributed by atoms with Crippen LogP contribution in [0.2, 0.25) is 0 Å². The van der Waals surface area contributed by atoms with Gasteiger partial charge in [0.15, 0.2) is 0 Å². The molecule has 0 bridgehead atoms. The van der Waals surface area contributed by atoms with E-state index < -0.39 is 12.1 Å². The van der Waals surface area contributed by atoms with Crippen LogP contribution >= 0.6 is 0 Å². The highest BCUT2D eigenvalue weighted by atomic mass is 19.4. The first-order valence-electron chi connectivity index (χ1n) is 12.2. The van der Waals surface area contributed by atoms with Crippen LogP contribution in [0.3, 0.4) is 0 Å². The number of carboxylic acid groups (broad SMARTS) is 1. The first kappa shape index (κ1) is 28.2. The van der Waals surface area contributed by atoms with Crippen LogP contribution in [0.15, 0.2) is 78.9 Å². The molecular weight excluding hydrogens is 481 g/mol. The Hall–Kier alpha value is -3.36. The largest absolute Gasteiger partial charge is 0.497 e. The van der Waals surface area contributed by atoms with Crippen LogP contribution in [0, 0.1) is 5.92 Å². The molecule has 1 fully saturated rings. The highest BCUT2D eigenvalue weighted by Crippen LogP contribution is 2.22. The number of nitrogens with zero attached hydrogens (tertiary/aromatic N) is 1. The number of carbonyl (C=O) groups is 1. The van der Waals surface area contributed by atoms with Gasteiger partial charge in [0.1, 0.15) is 5.75 Å². The molecule has 1 saturated heterocycles. The van der Waals surface area contributed by atoms with Gasteiger partial charge in [0.25, 0.3) is 0 Å². The third kappa shape index (κ3) is 9.55. The molecule has 1 aliphatic rings. The van der Waals surface area contributed by atoms with E-state index in [-0.39, 0.29) is 0 Å². The Morgan fingerprint density at radius 1 is 0.946 bits per heavy atom. The molecule has 8 heteroatoms. The third-order valence-electron chi connectivity index (χ3n) is 6.31. The van der Waals surface area contributed by atoms with Crippen molar-refractivity contribution in [1.82, 2.24) is 10.2 Å². The average molecular weight is 515 g/mol. The smallest absolute Gasteiger partial charge is 0.490 e. The Labute approximate surface area is 215 Å². The summed E-state index contributed by atoms with van der Waals surface area (Å²) in [4.78, 5) is 11.5. The van der Waals surface area contributed by atoms with E-state index in [1.54, 1.807) is 7.11 Å². The quantitative estimate of drug-likeness (QED) is 0.386. The number of methoxy groups -OCH3 is 1. The SMILES string of the molecule is COc1ccc(CN2CCC(CNCc3cccc(-c4ccccc4)c3)CC2)cc1.O=C(O)C(F)(F)F. The minimum atomic E-state index is -5.08.